The molecule has 1 saturated heterocycles. The third-order valence-electron chi connectivity index (χ3n) is 7.68. The van der Waals surface area contributed by atoms with E-state index in [-0.39, 0.29) is 11.6 Å². The Bertz CT molecular complexity index is 1610. The summed E-state index contributed by atoms with van der Waals surface area (Å²) in [6.07, 6.45) is -1.48. The molecule has 1 fully saturated rings. The van der Waals surface area contributed by atoms with Gasteiger partial charge in [-0.3, -0.25) is 9.20 Å². The van der Waals surface area contributed by atoms with Crippen LogP contribution in [-0.2, 0) is 21.3 Å². The number of nitrogens with two attached hydrogens (primary N) is 1. The number of amides is 1. The average molecular weight is 556 g/mol. The second-order valence-corrected chi connectivity index (χ2v) is 10.4. The van der Waals surface area contributed by atoms with E-state index in [0.29, 0.717) is 59.8 Å². The molecule has 40 heavy (non-hydrogen) atoms. The number of hydrogen-bond acceptors (Lipinski definition) is 7. The van der Waals surface area contributed by atoms with Crippen molar-refractivity contribution in [2.45, 2.75) is 58.4 Å². The zero-order valence-electron chi connectivity index (χ0n) is 23.1. The van der Waals surface area contributed by atoms with Crippen LogP contribution < -0.4 is 11.1 Å². The van der Waals surface area contributed by atoms with Crippen LogP contribution in [0.25, 0.3) is 16.7 Å². The van der Waals surface area contributed by atoms with Crippen LogP contribution in [0.4, 0.5) is 24.7 Å². The van der Waals surface area contributed by atoms with Crippen LogP contribution in [0.15, 0.2) is 30.5 Å². The average Bonchev–Trinajstić information content (AvgIpc) is 3.29. The molecule has 1 aliphatic rings. The number of piperidine rings is 1. The number of benzene rings is 1. The molecular weight excluding hydrogens is 523 g/mol. The summed E-state index contributed by atoms with van der Waals surface area (Å²) in [5.41, 5.74) is 7.65. The number of halogens is 3. The number of nitrogens with zero attached hydrogens (tertiary/aromatic N) is 5. The van der Waals surface area contributed by atoms with Crippen molar-refractivity contribution in [3.63, 3.8) is 0 Å². The molecule has 1 aromatic carbocycles. The van der Waals surface area contributed by atoms with Crippen LogP contribution in [0.1, 0.15) is 60.9 Å². The molecule has 0 unspecified atom stereocenters. The molecule has 12 heteroatoms. The third kappa shape index (κ3) is 4.91. The van der Waals surface area contributed by atoms with Crippen molar-refractivity contribution in [2.75, 3.05) is 31.2 Å². The Labute approximate surface area is 229 Å². The van der Waals surface area contributed by atoms with Crippen molar-refractivity contribution in [3.05, 3.63) is 58.7 Å². The summed E-state index contributed by atoms with van der Waals surface area (Å²) >= 11 is 0. The van der Waals surface area contributed by atoms with E-state index in [1.807, 2.05) is 23.6 Å². The van der Waals surface area contributed by atoms with Crippen LogP contribution >= 0.6 is 0 Å². The molecule has 3 aromatic heterocycles. The number of imidazole rings is 1. The standard InChI is InChI=1S/C28H32F3N7O2/c1-15-14-38-25-22(13-23(26(38)33-15)27(40-5)6-8-37(9-7-27)18(4)39)24(35-17(3)36-25)34-16(2)19-10-20(28(29,30)31)12-21(32)11-19/h10-14,16H,6-9,32H2,1-5H3,(H,34,35,36)/t16-/m1/s1. The molecule has 0 aliphatic carbocycles. The van der Waals surface area contributed by atoms with Gasteiger partial charge in [0.1, 0.15) is 17.3 Å². The number of nitrogens with one attached hydrogen (secondary N) is 1. The fourth-order valence-electron chi connectivity index (χ4n) is 5.53. The van der Waals surface area contributed by atoms with Crippen molar-refractivity contribution in [1.82, 2.24) is 24.3 Å². The lowest BCUT2D eigenvalue weighted by atomic mass is 9.84. The molecule has 4 aromatic rings. The number of likely N-dealkylation sites (tertiary alicyclic amines) is 1. The fraction of sp³-hybridized carbons (Fsp3) is 0.429. The summed E-state index contributed by atoms with van der Waals surface area (Å²) in [5, 5.41) is 3.97. The van der Waals surface area contributed by atoms with Crippen LogP contribution in [0.2, 0.25) is 0 Å². The molecule has 1 amide bonds. The van der Waals surface area contributed by atoms with E-state index in [0.717, 1.165) is 23.4 Å². The highest BCUT2D eigenvalue weighted by molar-refractivity contribution is 5.90. The summed E-state index contributed by atoms with van der Waals surface area (Å²) in [6, 6.07) is 4.94. The number of ether oxygens (including phenoxy) is 1. The summed E-state index contributed by atoms with van der Waals surface area (Å²) in [5.74, 6) is 0.972. The second-order valence-electron chi connectivity index (χ2n) is 10.4. The maximum absolute atomic E-state index is 13.5. The minimum Gasteiger partial charge on any atom is -0.399 e. The molecule has 0 spiro atoms. The number of carbonyl (C=O) groups excluding carboxylic acids is 1. The maximum Gasteiger partial charge on any atom is 0.416 e. The molecule has 212 valence electrons. The quantitative estimate of drug-likeness (QED) is 0.328. The molecular formula is C28H32F3N7O2. The van der Waals surface area contributed by atoms with Gasteiger partial charge in [-0.15, -0.1) is 0 Å². The number of anilines is 2. The number of pyridine rings is 1. The number of rotatable bonds is 5. The van der Waals surface area contributed by atoms with Gasteiger partial charge >= 0.3 is 6.18 Å². The van der Waals surface area contributed by atoms with E-state index in [1.54, 1.807) is 32.8 Å². The summed E-state index contributed by atoms with van der Waals surface area (Å²) in [4.78, 5) is 27.9. The number of alkyl halides is 3. The zero-order chi connectivity index (χ0) is 29.0. The van der Waals surface area contributed by atoms with E-state index in [9.17, 15) is 18.0 Å². The topological polar surface area (TPSA) is 111 Å². The van der Waals surface area contributed by atoms with E-state index < -0.39 is 23.4 Å². The van der Waals surface area contributed by atoms with Gasteiger partial charge in [0, 0.05) is 44.6 Å². The molecule has 1 atom stereocenters. The summed E-state index contributed by atoms with van der Waals surface area (Å²) in [7, 11) is 1.66. The number of fused-ring (bicyclic) bond motifs is 3. The Morgan fingerprint density at radius 3 is 2.42 bits per heavy atom. The molecule has 5 rings (SSSR count). The van der Waals surface area contributed by atoms with Gasteiger partial charge in [-0.1, -0.05) is 0 Å². The molecule has 9 nitrogen and oxygen atoms in total. The van der Waals surface area contributed by atoms with Gasteiger partial charge in [-0.25, -0.2) is 15.0 Å². The van der Waals surface area contributed by atoms with Gasteiger partial charge in [0.15, 0.2) is 5.65 Å². The fourth-order valence-corrected chi connectivity index (χ4v) is 5.53. The Morgan fingerprint density at radius 1 is 1.10 bits per heavy atom. The van der Waals surface area contributed by atoms with Gasteiger partial charge in [-0.05, 0) is 63.4 Å². The first-order chi connectivity index (χ1) is 18.8. The first kappa shape index (κ1) is 27.6. The van der Waals surface area contributed by atoms with Crippen LogP contribution in [-0.4, -0.2) is 50.4 Å². The molecule has 1 aliphatic heterocycles. The zero-order valence-corrected chi connectivity index (χ0v) is 23.1. The van der Waals surface area contributed by atoms with Gasteiger partial charge < -0.3 is 20.7 Å². The molecule has 0 radical (unpaired) electrons. The summed E-state index contributed by atoms with van der Waals surface area (Å²) < 4.78 is 48.5. The molecule has 0 bridgehead atoms. The Morgan fingerprint density at radius 2 is 1.80 bits per heavy atom. The number of aryl methyl sites for hydroxylation is 2. The van der Waals surface area contributed by atoms with Crippen molar-refractivity contribution < 1.29 is 22.7 Å². The lowest BCUT2D eigenvalue weighted by Crippen LogP contribution is -2.45. The second kappa shape index (κ2) is 9.92. The number of nitrogen functional groups attached to an aromatic ring is 1. The molecule has 3 N–H and O–H groups in total. The predicted molar refractivity (Wildman–Crippen MR) is 146 cm³/mol. The predicted octanol–water partition coefficient (Wildman–Crippen LogP) is 5.15. The summed E-state index contributed by atoms with van der Waals surface area (Å²) in [6.45, 7) is 8.05. The van der Waals surface area contributed by atoms with Gasteiger partial charge in [0.05, 0.1) is 28.3 Å². The largest absolute Gasteiger partial charge is 0.416 e. The first-order valence-electron chi connectivity index (χ1n) is 13.0. The number of methoxy groups -OCH3 is 1. The van der Waals surface area contributed by atoms with Crippen molar-refractivity contribution in [3.8, 4) is 0 Å². The Balaban J connectivity index is 1.65. The Kier molecular flexibility index (Phi) is 6.85. The Hall–Kier alpha value is -3.93. The highest BCUT2D eigenvalue weighted by atomic mass is 19.4. The minimum absolute atomic E-state index is 0.0181. The van der Waals surface area contributed by atoms with Crippen molar-refractivity contribution >= 4 is 34.1 Å². The van der Waals surface area contributed by atoms with Crippen LogP contribution in [0, 0.1) is 13.8 Å². The number of carbonyl (C=O) groups is 1. The van der Waals surface area contributed by atoms with Gasteiger partial charge in [-0.2, -0.15) is 13.2 Å². The third-order valence-corrected chi connectivity index (χ3v) is 7.68. The normalized spacial score (nSPS) is 16.4. The monoisotopic (exact) mass is 555 g/mol. The smallest absolute Gasteiger partial charge is 0.399 e. The molecule has 4 heterocycles. The highest BCUT2D eigenvalue weighted by Gasteiger charge is 2.40. The van der Waals surface area contributed by atoms with Crippen LogP contribution in [0.3, 0.4) is 0 Å². The first-order valence-corrected chi connectivity index (χ1v) is 13.0. The lowest BCUT2D eigenvalue weighted by molar-refractivity contribution is -0.137. The highest BCUT2D eigenvalue weighted by Crippen LogP contribution is 2.41. The minimum atomic E-state index is -4.52. The van der Waals surface area contributed by atoms with Crippen molar-refractivity contribution in [2.24, 2.45) is 0 Å². The van der Waals surface area contributed by atoms with E-state index >= 15 is 0 Å². The molecule has 0 saturated carbocycles. The van der Waals surface area contributed by atoms with E-state index in [1.165, 1.54) is 6.07 Å². The van der Waals surface area contributed by atoms with E-state index in [4.69, 9.17) is 20.4 Å². The number of aromatic nitrogens is 4. The van der Waals surface area contributed by atoms with Crippen LogP contribution in [0.5, 0.6) is 0 Å². The SMILES string of the molecule is COC1(c2cc3c(N[C@H](C)c4cc(N)cc(C(F)(F)F)c4)nc(C)nc3n3cc(C)nc23)CCN(C(C)=O)CC1. The maximum atomic E-state index is 13.5. The van der Waals surface area contributed by atoms with E-state index in [2.05, 4.69) is 10.3 Å². The number of hydrogen-bond donors (Lipinski definition) is 2. The van der Waals surface area contributed by atoms with Gasteiger partial charge in [0.25, 0.3) is 0 Å². The lowest BCUT2D eigenvalue weighted by Gasteiger charge is -2.41. The van der Waals surface area contributed by atoms with Crippen molar-refractivity contribution in [1.29, 1.82) is 0 Å². The van der Waals surface area contributed by atoms with Gasteiger partial charge in [0.2, 0.25) is 5.91 Å².